The van der Waals surface area contributed by atoms with Crippen LogP contribution < -0.4 is 5.14 Å². The van der Waals surface area contributed by atoms with Crippen LogP contribution in [0, 0.1) is 13.8 Å². The van der Waals surface area contributed by atoms with Gasteiger partial charge in [-0.15, -0.1) is 0 Å². The van der Waals surface area contributed by atoms with E-state index in [4.69, 9.17) is 16.7 Å². The van der Waals surface area contributed by atoms with Crippen LogP contribution in [-0.4, -0.2) is 25.1 Å². The number of rotatable bonds is 4. The van der Waals surface area contributed by atoms with Gasteiger partial charge in [-0.1, -0.05) is 47.5 Å². The average molecular weight is 405 g/mol. The van der Waals surface area contributed by atoms with E-state index in [0.29, 0.717) is 11.1 Å². The van der Waals surface area contributed by atoms with Crippen LogP contribution in [0.4, 0.5) is 0 Å². The summed E-state index contributed by atoms with van der Waals surface area (Å²) in [5.41, 5.74) is 3.27. The summed E-state index contributed by atoms with van der Waals surface area (Å²) in [6, 6.07) is 11.2. The third-order valence-corrected chi connectivity index (χ3v) is 5.64. The molecule has 0 aliphatic carbocycles. The predicted molar refractivity (Wildman–Crippen MR) is 102 cm³/mol. The molecular weight excluding hydrogens is 388 g/mol. The molecular formula is C19H17ClN2O4S. The van der Waals surface area contributed by atoms with E-state index < -0.39 is 21.8 Å². The molecule has 1 aliphatic rings. The largest absolute Gasteiger partial charge is 0.273 e. The summed E-state index contributed by atoms with van der Waals surface area (Å²) in [6.45, 7) is 3.77. The molecule has 0 radical (unpaired) electrons. The number of carbonyl (C=O) groups excluding carboxylic acids is 2. The number of benzene rings is 2. The maximum atomic E-state index is 12.8. The molecule has 27 heavy (non-hydrogen) atoms. The molecule has 2 amide bonds. The predicted octanol–water partition coefficient (Wildman–Crippen LogP) is 2.47. The van der Waals surface area contributed by atoms with Gasteiger partial charge in [-0.3, -0.25) is 14.5 Å². The van der Waals surface area contributed by atoms with Crippen molar-refractivity contribution in [2.75, 3.05) is 0 Å². The van der Waals surface area contributed by atoms with Gasteiger partial charge in [0.2, 0.25) is 10.0 Å². The zero-order chi connectivity index (χ0) is 19.9. The second kappa shape index (κ2) is 6.92. The summed E-state index contributed by atoms with van der Waals surface area (Å²) >= 11 is 6.19. The average Bonchev–Trinajstić information content (AvgIpc) is 2.79. The number of hydrogen-bond acceptors (Lipinski definition) is 4. The highest BCUT2D eigenvalue weighted by Gasteiger charge is 2.38. The van der Waals surface area contributed by atoms with Gasteiger partial charge < -0.3 is 0 Å². The zero-order valence-corrected chi connectivity index (χ0v) is 16.3. The Bertz CT molecular complexity index is 1090. The molecule has 3 rings (SSSR count). The SMILES string of the molecule is Cc1ccc(C2=C(Cl)C(=O)N(Cc3ccc(S(N)(=O)=O)cc3)C2=O)c(C)c1. The molecule has 0 fully saturated rings. The third-order valence-electron chi connectivity index (χ3n) is 4.36. The smallest absolute Gasteiger partial charge is 0.269 e. The van der Waals surface area contributed by atoms with E-state index in [0.717, 1.165) is 16.0 Å². The number of hydrogen-bond donors (Lipinski definition) is 1. The molecule has 140 valence electrons. The van der Waals surface area contributed by atoms with Crippen molar-refractivity contribution in [1.82, 2.24) is 4.90 Å². The highest BCUT2D eigenvalue weighted by molar-refractivity contribution is 7.89. The second-order valence-corrected chi connectivity index (χ2v) is 8.33. The lowest BCUT2D eigenvalue weighted by atomic mass is 9.99. The number of amides is 2. The molecule has 0 saturated heterocycles. The molecule has 0 saturated carbocycles. The lowest BCUT2D eigenvalue weighted by Crippen LogP contribution is -2.30. The Morgan fingerprint density at radius 2 is 1.63 bits per heavy atom. The normalized spacial score (nSPS) is 15.0. The number of nitrogens with zero attached hydrogens (tertiary/aromatic N) is 1. The highest BCUT2D eigenvalue weighted by atomic mass is 35.5. The Kier molecular flexibility index (Phi) is 4.94. The Morgan fingerprint density at radius 1 is 1.00 bits per heavy atom. The number of halogens is 1. The number of carbonyl (C=O) groups is 2. The highest BCUT2D eigenvalue weighted by Crippen LogP contribution is 2.34. The van der Waals surface area contributed by atoms with E-state index in [1.165, 1.54) is 24.3 Å². The summed E-state index contributed by atoms with van der Waals surface area (Å²) in [6.07, 6.45) is 0. The van der Waals surface area contributed by atoms with Gasteiger partial charge in [-0.2, -0.15) is 0 Å². The van der Waals surface area contributed by atoms with E-state index in [9.17, 15) is 18.0 Å². The molecule has 1 heterocycles. The fourth-order valence-electron chi connectivity index (χ4n) is 2.98. The first kappa shape index (κ1) is 19.3. The first-order chi connectivity index (χ1) is 12.6. The van der Waals surface area contributed by atoms with E-state index in [1.807, 2.05) is 26.0 Å². The van der Waals surface area contributed by atoms with Crippen molar-refractivity contribution in [3.63, 3.8) is 0 Å². The van der Waals surface area contributed by atoms with Crippen LogP contribution in [-0.2, 0) is 26.2 Å². The summed E-state index contributed by atoms with van der Waals surface area (Å²) in [4.78, 5) is 26.3. The monoisotopic (exact) mass is 404 g/mol. The standard InChI is InChI=1S/C19H17ClN2O4S/c1-11-3-8-15(12(2)9-11)16-17(20)19(24)22(18(16)23)10-13-4-6-14(7-5-13)27(21,25)26/h3-9H,10H2,1-2H3,(H2,21,25,26). The molecule has 2 aromatic rings. The van der Waals surface area contributed by atoms with Crippen molar-refractivity contribution in [3.8, 4) is 0 Å². The molecule has 0 atom stereocenters. The van der Waals surface area contributed by atoms with Gasteiger partial charge in [-0.25, -0.2) is 13.6 Å². The van der Waals surface area contributed by atoms with Crippen LogP contribution in [0.2, 0.25) is 0 Å². The minimum Gasteiger partial charge on any atom is -0.269 e. The molecule has 2 N–H and O–H groups in total. The molecule has 0 bridgehead atoms. The number of aryl methyl sites for hydroxylation is 2. The van der Waals surface area contributed by atoms with E-state index in [-0.39, 0.29) is 22.0 Å². The zero-order valence-electron chi connectivity index (χ0n) is 14.7. The van der Waals surface area contributed by atoms with Crippen molar-refractivity contribution in [1.29, 1.82) is 0 Å². The molecule has 0 unspecified atom stereocenters. The maximum Gasteiger partial charge on any atom is 0.273 e. The Morgan fingerprint density at radius 3 is 2.19 bits per heavy atom. The van der Waals surface area contributed by atoms with Gasteiger partial charge in [0.15, 0.2) is 0 Å². The fourth-order valence-corrected chi connectivity index (χ4v) is 3.78. The molecule has 8 heteroatoms. The van der Waals surface area contributed by atoms with Gasteiger partial charge >= 0.3 is 0 Å². The number of primary sulfonamides is 1. The fraction of sp³-hybridized carbons (Fsp3) is 0.158. The van der Waals surface area contributed by atoms with Crippen LogP contribution in [0.15, 0.2) is 52.4 Å². The molecule has 2 aromatic carbocycles. The molecule has 0 spiro atoms. The number of imide groups is 1. The first-order valence-electron chi connectivity index (χ1n) is 8.05. The summed E-state index contributed by atoms with van der Waals surface area (Å²) < 4.78 is 22.7. The van der Waals surface area contributed by atoms with Crippen molar-refractivity contribution in [3.05, 3.63) is 69.8 Å². The van der Waals surface area contributed by atoms with Crippen molar-refractivity contribution < 1.29 is 18.0 Å². The van der Waals surface area contributed by atoms with Crippen LogP contribution in [0.1, 0.15) is 22.3 Å². The van der Waals surface area contributed by atoms with Crippen LogP contribution in [0.25, 0.3) is 5.57 Å². The second-order valence-electron chi connectivity index (χ2n) is 6.39. The molecule has 1 aliphatic heterocycles. The van der Waals surface area contributed by atoms with Gasteiger partial charge in [0.1, 0.15) is 5.03 Å². The van der Waals surface area contributed by atoms with E-state index in [1.54, 1.807) is 6.07 Å². The quantitative estimate of drug-likeness (QED) is 0.791. The topological polar surface area (TPSA) is 97.5 Å². The number of nitrogens with two attached hydrogens (primary N) is 1. The number of sulfonamides is 1. The summed E-state index contributed by atoms with van der Waals surface area (Å²) in [5, 5.41) is 4.95. The lowest BCUT2D eigenvalue weighted by Gasteiger charge is -2.15. The van der Waals surface area contributed by atoms with Crippen molar-refractivity contribution in [2.24, 2.45) is 5.14 Å². The van der Waals surface area contributed by atoms with Crippen molar-refractivity contribution >= 4 is 39.0 Å². The van der Waals surface area contributed by atoms with Gasteiger partial charge in [0, 0.05) is 0 Å². The van der Waals surface area contributed by atoms with Crippen LogP contribution in [0.3, 0.4) is 0 Å². The Labute approximate surface area is 162 Å². The lowest BCUT2D eigenvalue weighted by molar-refractivity contribution is -0.137. The van der Waals surface area contributed by atoms with Gasteiger partial charge in [0.25, 0.3) is 11.8 Å². The third kappa shape index (κ3) is 3.66. The van der Waals surface area contributed by atoms with Crippen LogP contribution >= 0.6 is 11.6 Å². The minimum atomic E-state index is -3.81. The van der Waals surface area contributed by atoms with Crippen LogP contribution in [0.5, 0.6) is 0 Å². The van der Waals surface area contributed by atoms with E-state index in [2.05, 4.69) is 0 Å². The maximum absolute atomic E-state index is 12.8. The molecule has 0 aromatic heterocycles. The minimum absolute atomic E-state index is 0.0206. The summed E-state index contributed by atoms with van der Waals surface area (Å²) in [5.74, 6) is -1.06. The Balaban J connectivity index is 1.90. The Hall–Kier alpha value is -2.48. The van der Waals surface area contributed by atoms with E-state index >= 15 is 0 Å². The molecule has 6 nitrogen and oxygen atoms in total. The van der Waals surface area contributed by atoms with Gasteiger partial charge in [0.05, 0.1) is 17.0 Å². The first-order valence-corrected chi connectivity index (χ1v) is 9.97. The summed E-state index contributed by atoms with van der Waals surface area (Å²) in [7, 11) is -3.81. The van der Waals surface area contributed by atoms with Gasteiger partial charge in [-0.05, 0) is 42.7 Å². The van der Waals surface area contributed by atoms with Crippen molar-refractivity contribution in [2.45, 2.75) is 25.3 Å².